The molecule has 5 nitrogen and oxygen atoms in total. The van der Waals surface area contributed by atoms with Crippen LogP contribution in [0.1, 0.15) is 5.56 Å². The van der Waals surface area contributed by atoms with Gasteiger partial charge in [-0.05, 0) is 23.8 Å². The normalized spacial score (nSPS) is 12.2. The molecule has 0 saturated carbocycles. The fourth-order valence-corrected chi connectivity index (χ4v) is 3.20. The fourth-order valence-electron chi connectivity index (χ4n) is 2.46. The summed E-state index contributed by atoms with van der Waals surface area (Å²) in [4.78, 5) is 16.6. The number of amides is 1. The Labute approximate surface area is 142 Å². The molecule has 1 aromatic heterocycles. The summed E-state index contributed by atoms with van der Waals surface area (Å²) in [5.41, 5.74) is 2.70. The van der Waals surface area contributed by atoms with Crippen LogP contribution in [0.2, 0.25) is 0 Å². The van der Waals surface area contributed by atoms with E-state index in [2.05, 4.69) is 10.3 Å². The monoisotopic (exact) mass is 338 g/mol. The van der Waals surface area contributed by atoms with Crippen molar-refractivity contribution in [1.82, 2.24) is 4.98 Å². The second-order valence-electron chi connectivity index (χ2n) is 5.32. The van der Waals surface area contributed by atoms with Crippen molar-refractivity contribution in [3.8, 4) is 22.8 Å². The molecule has 0 atom stereocenters. The summed E-state index contributed by atoms with van der Waals surface area (Å²) in [5.74, 6) is 1.38. The zero-order valence-electron chi connectivity index (χ0n) is 12.7. The number of hydrogen-bond donors (Lipinski definition) is 1. The van der Waals surface area contributed by atoms with Crippen molar-refractivity contribution in [2.45, 2.75) is 6.42 Å². The summed E-state index contributed by atoms with van der Waals surface area (Å²) >= 11 is 1.40. The fraction of sp³-hybridized carbons (Fsp3) is 0.111. The molecule has 4 rings (SSSR count). The lowest BCUT2D eigenvalue weighted by Crippen LogP contribution is -2.14. The van der Waals surface area contributed by atoms with Gasteiger partial charge in [0.15, 0.2) is 16.6 Å². The molecule has 0 spiro atoms. The highest BCUT2D eigenvalue weighted by Crippen LogP contribution is 2.36. The molecule has 120 valence electrons. The van der Waals surface area contributed by atoms with Gasteiger partial charge in [-0.2, -0.15) is 0 Å². The Balaban J connectivity index is 1.46. The van der Waals surface area contributed by atoms with Crippen LogP contribution < -0.4 is 14.8 Å². The molecule has 0 saturated heterocycles. The largest absolute Gasteiger partial charge is 0.454 e. The van der Waals surface area contributed by atoms with E-state index in [1.165, 1.54) is 11.3 Å². The van der Waals surface area contributed by atoms with Gasteiger partial charge in [-0.3, -0.25) is 4.79 Å². The Morgan fingerprint density at radius 2 is 1.96 bits per heavy atom. The van der Waals surface area contributed by atoms with Crippen molar-refractivity contribution < 1.29 is 14.3 Å². The van der Waals surface area contributed by atoms with Gasteiger partial charge in [0.25, 0.3) is 0 Å². The third-order valence-electron chi connectivity index (χ3n) is 3.63. The van der Waals surface area contributed by atoms with Crippen LogP contribution >= 0.6 is 11.3 Å². The summed E-state index contributed by atoms with van der Waals surface area (Å²) in [6.07, 6.45) is 0.333. The number of carbonyl (C=O) groups excluding carboxylic acids is 1. The first kappa shape index (κ1) is 14.7. The van der Waals surface area contributed by atoms with Gasteiger partial charge >= 0.3 is 0 Å². The molecule has 2 aromatic carbocycles. The second-order valence-corrected chi connectivity index (χ2v) is 6.17. The summed E-state index contributed by atoms with van der Waals surface area (Å²) in [6.45, 7) is 0.247. The molecule has 2 heterocycles. The molecule has 0 aliphatic carbocycles. The van der Waals surface area contributed by atoms with Gasteiger partial charge in [-0.15, -0.1) is 11.3 Å². The van der Waals surface area contributed by atoms with Gasteiger partial charge in [0.1, 0.15) is 0 Å². The van der Waals surface area contributed by atoms with Crippen LogP contribution in [0, 0.1) is 0 Å². The summed E-state index contributed by atoms with van der Waals surface area (Å²) < 4.78 is 10.7. The van der Waals surface area contributed by atoms with Crippen LogP contribution in [-0.2, 0) is 11.2 Å². The first-order valence-electron chi connectivity index (χ1n) is 7.47. The lowest BCUT2D eigenvalue weighted by atomic mass is 10.1. The minimum Gasteiger partial charge on any atom is -0.454 e. The van der Waals surface area contributed by atoms with Crippen molar-refractivity contribution in [3.63, 3.8) is 0 Å². The highest BCUT2D eigenvalue weighted by atomic mass is 32.1. The number of thiazole rings is 1. The number of fused-ring (bicyclic) bond motifs is 1. The van der Waals surface area contributed by atoms with E-state index in [1.807, 2.05) is 53.9 Å². The molecule has 24 heavy (non-hydrogen) atoms. The van der Waals surface area contributed by atoms with Crippen molar-refractivity contribution in [2.75, 3.05) is 12.1 Å². The maximum absolute atomic E-state index is 12.1. The molecule has 1 amide bonds. The van der Waals surface area contributed by atoms with Gasteiger partial charge in [0, 0.05) is 10.9 Å². The van der Waals surface area contributed by atoms with Crippen LogP contribution in [0.4, 0.5) is 5.13 Å². The number of benzene rings is 2. The van der Waals surface area contributed by atoms with Crippen molar-refractivity contribution >= 4 is 22.4 Å². The van der Waals surface area contributed by atoms with Crippen LogP contribution in [0.5, 0.6) is 11.5 Å². The zero-order chi connectivity index (χ0) is 16.4. The van der Waals surface area contributed by atoms with E-state index in [0.717, 1.165) is 28.3 Å². The molecule has 1 aliphatic heterocycles. The molecule has 0 unspecified atom stereocenters. The predicted molar refractivity (Wildman–Crippen MR) is 92.4 cm³/mol. The SMILES string of the molecule is O=C(Cc1ccccc1)Nc1nc(-c2ccc3c(c2)OCO3)cs1. The number of rotatable bonds is 4. The van der Waals surface area contributed by atoms with Gasteiger partial charge < -0.3 is 14.8 Å². The van der Waals surface area contributed by atoms with Gasteiger partial charge in [0.2, 0.25) is 12.7 Å². The summed E-state index contributed by atoms with van der Waals surface area (Å²) in [7, 11) is 0. The van der Waals surface area contributed by atoms with Crippen molar-refractivity contribution in [2.24, 2.45) is 0 Å². The maximum atomic E-state index is 12.1. The average Bonchev–Trinajstić information content (AvgIpc) is 3.24. The highest BCUT2D eigenvalue weighted by Gasteiger charge is 2.15. The molecule has 6 heteroatoms. The number of anilines is 1. The van der Waals surface area contributed by atoms with Crippen LogP contribution in [0.25, 0.3) is 11.3 Å². The molecule has 0 fully saturated rings. The zero-order valence-corrected chi connectivity index (χ0v) is 13.5. The van der Waals surface area contributed by atoms with Crippen LogP contribution in [-0.4, -0.2) is 17.7 Å². The maximum Gasteiger partial charge on any atom is 0.231 e. The van der Waals surface area contributed by atoms with Gasteiger partial charge in [-0.25, -0.2) is 4.98 Å². The highest BCUT2D eigenvalue weighted by molar-refractivity contribution is 7.14. The van der Waals surface area contributed by atoms with Gasteiger partial charge in [-0.1, -0.05) is 30.3 Å². The lowest BCUT2D eigenvalue weighted by Gasteiger charge is -2.02. The standard InChI is InChI=1S/C18H14N2O3S/c21-17(8-12-4-2-1-3-5-12)20-18-19-14(10-24-18)13-6-7-15-16(9-13)23-11-22-15/h1-7,9-10H,8,11H2,(H,19,20,21). The smallest absolute Gasteiger partial charge is 0.231 e. The third kappa shape index (κ3) is 3.09. The van der Waals surface area contributed by atoms with Crippen molar-refractivity contribution in [1.29, 1.82) is 0 Å². The minimum absolute atomic E-state index is 0.0761. The molecule has 1 N–H and O–H groups in total. The Morgan fingerprint density at radius 3 is 2.83 bits per heavy atom. The van der Waals surface area contributed by atoms with Crippen LogP contribution in [0.15, 0.2) is 53.9 Å². The van der Waals surface area contributed by atoms with Crippen molar-refractivity contribution in [3.05, 3.63) is 59.5 Å². The lowest BCUT2D eigenvalue weighted by molar-refractivity contribution is -0.115. The van der Waals surface area contributed by atoms with E-state index in [-0.39, 0.29) is 12.7 Å². The Kier molecular flexibility index (Phi) is 3.88. The first-order chi connectivity index (χ1) is 11.8. The molecule has 0 bridgehead atoms. The second kappa shape index (κ2) is 6.33. The number of hydrogen-bond acceptors (Lipinski definition) is 5. The third-order valence-corrected chi connectivity index (χ3v) is 4.38. The topological polar surface area (TPSA) is 60.5 Å². The molecular weight excluding hydrogens is 324 g/mol. The molecule has 3 aromatic rings. The average molecular weight is 338 g/mol. The Hall–Kier alpha value is -2.86. The number of ether oxygens (including phenoxy) is 2. The summed E-state index contributed by atoms with van der Waals surface area (Å²) in [5, 5.41) is 5.34. The molecule has 0 radical (unpaired) electrons. The number of nitrogens with one attached hydrogen (secondary N) is 1. The Morgan fingerprint density at radius 1 is 1.12 bits per heavy atom. The van der Waals surface area contributed by atoms with Crippen LogP contribution in [0.3, 0.4) is 0 Å². The van der Waals surface area contributed by atoms with E-state index in [4.69, 9.17) is 9.47 Å². The summed E-state index contributed by atoms with van der Waals surface area (Å²) in [6, 6.07) is 15.3. The number of carbonyl (C=O) groups is 1. The van der Waals surface area contributed by atoms with E-state index >= 15 is 0 Å². The predicted octanol–water partition coefficient (Wildman–Crippen LogP) is 3.72. The van der Waals surface area contributed by atoms with E-state index in [0.29, 0.717) is 11.6 Å². The number of nitrogens with zero attached hydrogens (tertiary/aromatic N) is 1. The first-order valence-corrected chi connectivity index (χ1v) is 8.35. The Bertz CT molecular complexity index is 877. The van der Waals surface area contributed by atoms with E-state index in [1.54, 1.807) is 0 Å². The number of aromatic nitrogens is 1. The van der Waals surface area contributed by atoms with Gasteiger partial charge in [0.05, 0.1) is 12.1 Å². The molecule has 1 aliphatic rings. The minimum atomic E-state index is -0.0761. The van der Waals surface area contributed by atoms with E-state index in [9.17, 15) is 4.79 Å². The molecular formula is C18H14N2O3S. The van der Waals surface area contributed by atoms with E-state index < -0.39 is 0 Å². The quantitative estimate of drug-likeness (QED) is 0.787.